The lowest BCUT2D eigenvalue weighted by atomic mass is 10.1. The van der Waals surface area contributed by atoms with Crippen LogP contribution in [0.15, 0.2) is 48.7 Å². The van der Waals surface area contributed by atoms with Crippen LogP contribution in [0.2, 0.25) is 0 Å². The Morgan fingerprint density at radius 1 is 1.17 bits per heavy atom. The highest BCUT2D eigenvalue weighted by molar-refractivity contribution is 5.73. The number of anilines is 1. The van der Waals surface area contributed by atoms with E-state index in [-0.39, 0.29) is 12.6 Å². The van der Waals surface area contributed by atoms with Gasteiger partial charge in [-0.1, -0.05) is 30.3 Å². The van der Waals surface area contributed by atoms with Crippen molar-refractivity contribution in [2.45, 2.75) is 19.1 Å². The van der Waals surface area contributed by atoms with Crippen molar-refractivity contribution in [3.63, 3.8) is 0 Å². The normalized spacial score (nSPS) is 11.6. The average molecular weight is 328 g/mol. The summed E-state index contributed by atoms with van der Waals surface area (Å²) < 4.78 is 0. The summed E-state index contributed by atoms with van der Waals surface area (Å²) in [7, 11) is 3.83. The molecule has 0 saturated heterocycles. The van der Waals surface area contributed by atoms with Crippen molar-refractivity contribution in [2.24, 2.45) is 0 Å². The molecular weight excluding hydrogens is 304 g/mol. The summed E-state index contributed by atoms with van der Waals surface area (Å²) in [5, 5.41) is 15.4. The van der Waals surface area contributed by atoms with Crippen LogP contribution in [0.5, 0.6) is 0 Å². The fraction of sp³-hybridized carbons (Fsp3) is 0.333. The first kappa shape index (κ1) is 17.7. The zero-order chi connectivity index (χ0) is 17.4. The lowest BCUT2D eigenvalue weighted by molar-refractivity contribution is 0.170. The van der Waals surface area contributed by atoms with Crippen LogP contribution in [-0.2, 0) is 13.0 Å². The van der Waals surface area contributed by atoms with Crippen molar-refractivity contribution in [1.82, 2.24) is 15.6 Å². The molecule has 6 nitrogen and oxygen atoms in total. The van der Waals surface area contributed by atoms with Crippen LogP contribution in [0.3, 0.4) is 0 Å². The summed E-state index contributed by atoms with van der Waals surface area (Å²) in [6.07, 6.45) is 1.62. The average Bonchev–Trinajstić information content (AvgIpc) is 2.59. The van der Waals surface area contributed by atoms with Crippen molar-refractivity contribution in [3.05, 3.63) is 59.8 Å². The Kier molecular flexibility index (Phi) is 6.57. The number of rotatable bonds is 7. The van der Waals surface area contributed by atoms with Gasteiger partial charge in [0.1, 0.15) is 5.82 Å². The van der Waals surface area contributed by atoms with Crippen molar-refractivity contribution in [1.29, 1.82) is 0 Å². The minimum Gasteiger partial charge on any atom is -0.391 e. The molecule has 0 fully saturated rings. The van der Waals surface area contributed by atoms with Crippen LogP contribution in [0.4, 0.5) is 10.6 Å². The molecule has 6 heteroatoms. The van der Waals surface area contributed by atoms with E-state index in [9.17, 15) is 9.90 Å². The molecule has 0 radical (unpaired) electrons. The molecule has 0 aliphatic carbocycles. The monoisotopic (exact) mass is 328 g/mol. The van der Waals surface area contributed by atoms with E-state index in [0.717, 1.165) is 16.9 Å². The van der Waals surface area contributed by atoms with Crippen LogP contribution >= 0.6 is 0 Å². The SMILES string of the molecule is CN(C)c1cc(CNC(=O)NCC(O)Cc2ccccc2)ccn1. The summed E-state index contributed by atoms with van der Waals surface area (Å²) in [6.45, 7) is 0.615. The number of pyridine rings is 1. The van der Waals surface area contributed by atoms with Gasteiger partial charge < -0.3 is 20.6 Å². The molecule has 1 aromatic heterocycles. The number of carbonyl (C=O) groups is 1. The summed E-state index contributed by atoms with van der Waals surface area (Å²) in [6, 6.07) is 13.2. The van der Waals surface area contributed by atoms with Crippen LogP contribution in [0.25, 0.3) is 0 Å². The number of urea groups is 1. The van der Waals surface area contributed by atoms with Gasteiger partial charge >= 0.3 is 6.03 Å². The third-order valence-corrected chi connectivity index (χ3v) is 3.53. The second kappa shape index (κ2) is 8.88. The number of aromatic nitrogens is 1. The Labute approximate surface area is 142 Å². The van der Waals surface area contributed by atoms with Gasteiger partial charge in [0.25, 0.3) is 0 Å². The molecule has 1 unspecified atom stereocenters. The van der Waals surface area contributed by atoms with Crippen LogP contribution in [0, 0.1) is 0 Å². The largest absolute Gasteiger partial charge is 0.391 e. The van der Waals surface area contributed by atoms with E-state index in [2.05, 4.69) is 15.6 Å². The van der Waals surface area contributed by atoms with Gasteiger partial charge in [-0.3, -0.25) is 0 Å². The topological polar surface area (TPSA) is 77.5 Å². The first-order chi connectivity index (χ1) is 11.5. The van der Waals surface area contributed by atoms with Gasteiger partial charge in [0, 0.05) is 39.8 Å². The number of amides is 2. The van der Waals surface area contributed by atoms with Crippen LogP contribution in [-0.4, -0.2) is 42.9 Å². The van der Waals surface area contributed by atoms with Crippen molar-refractivity contribution in [3.8, 4) is 0 Å². The van der Waals surface area contributed by atoms with E-state index >= 15 is 0 Å². The highest BCUT2D eigenvalue weighted by Gasteiger charge is 2.08. The van der Waals surface area contributed by atoms with Gasteiger partial charge in [-0.25, -0.2) is 9.78 Å². The zero-order valence-corrected chi connectivity index (χ0v) is 14.1. The number of benzene rings is 1. The molecule has 2 amide bonds. The fourth-order valence-corrected chi connectivity index (χ4v) is 2.23. The Bertz CT molecular complexity index is 646. The molecule has 2 aromatic rings. The zero-order valence-electron chi connectivity index (χ0n) is 14.1. The minimum absolute atomic E-state index is 0.208. The maximum absolute atomic E-state index is 11.8. The molecule has 3 N–H and O–H groups in total. The number of nitrogens with zero attached hydrogens (tertiary/aromatic N) is 2. The minimum atomic E-state index is -0.612. The third-order valence-electron chi connectivity index (χ3n) is 3.53. The first-order valence-electron chi connectivity index (χ1n) is 7.90. The summed E-state index contributed by atoms with van der Waals surface area (Å²) in [5.74, 6) is 0.841. The van der Waals surface area contributed by atoms with Crippen molar-refractivity contribution < 1.29 is 9.90 Å². The number of hydrogen-bond acceptors (Lipinski definition) is 4. The molecule has 0 bridgehead atoms. The molecule has 2 rings (SSSR count). The molecule has 1 atom stereocenters. The second-order valence-corrected chi connectivity index (χ2v) is 5.82. The van der Waals surface area contributed by atoms with Crippen molar-refractivity contribution in [2.75, 3.05) is 25.5 Å². The fourth-order valence-electron chi connectivity index (χ4n) is 2.23. The summed E-state index contributed by atoms with van der Waals surface area (Å²) in [4.78, 5) is 18.0. The summed E-state index contributed by atoms with van der Waals surface area (Å²) >= 11 is 0. The third kappa shape index (κ3) is 5.89. The molecule has 0 aliphatic rings. The van der Waals surface area contributed by atoms with E-state index in [4.69, 9.17) is 0 Å². The predicted octanol–water partition coefficient (Wildman–Crippen LogP) is 1.55. The van der Waals surface area contributed by atoms with Gasteiger partial charge in [0.15, 0.2) is 0 Å². The maximum Gasteiger partial charge on any atom is 0.315 e. The predicted molar refractivity (Wildman–Crippen MR) is 95.0 cm³/mol. The Morgan fingerprint density at radius 2 is 1.92 bits per heavy atom. The van der Waals surface area contributed by atoms with E-state index in [1.54, 1.807) is 6.20 Å². The lowest BCUT2D eigenvalue weighted by Crippen LogP contribution is -2.40. The van der Waals surface area contributed by atoms with Gasteiger partial charge in [-0.15, -0.1) is 0 Å². The second-order valence-electron chi connectivity index (χ2n) is 5.82. The highest BCUT2D eigenvalue weighted by Crippen LogP contribution is 2.09. The van der Waals surface area contributed by atoms with Gasteiger partial charge in [-0.05, 0) is 23.3 Å². The van der Waals surface area contributed by atoms with Gasteiger partial charge in [0.05, 0.1) is 6.10 Å². The number of carbonyl (C=O) groups excluding carboxylic acids is 1. The Hall–Kier alpha value is -2.60. The number of aliphatic hydroxyl groups is 1. The number of nitrogens with one attached hydrogen (secondary N) is 2. The quantitative estimate of drug-likeness (QED) is 0.721. The lowest BCUT2D eigenvalue weighted by Gasteiger charge is -2.14. The molecule has 1 heterocycles. The molecule has 0 saturated carbocycles. The molecule has 1 aromatic carbocycles. The van der Waals surface area contributed by atoms with Gasteiger partial charge in [0.2, 0.25) is 0 Å². The molecule has 128 valence electrons. The first-order valence-corrected chi connectivity index (χ1v) is 7.90. The molecular formula is C18H24N4O2. The molecule has 0 aliphatic heterocycles. The van der Waals surface area contributed by atoms with Gasteiger partial charge in [-0.2, -0.15) is 0 Å². The van der Waals surface area contributed by atoms with E-state index in [1.807, 2.05) is 61.5 Å². The van der Waals surface area contributed by atoms with E-state index in [0.29, 0.717) is 13.0 Å². The highest BCUT2D eigenvalue weighted by atomic mass is 16.3. The molecule has 0 spiro atoms. The Balaban J connectivity index is 1.72. The Morgan fingerprint density at radius 3 is 2.62 bits per heavy atom. The van der Waals surface area contributed by atoms with Crippen molar-refractivity contribution >= 4 is 11.8 Å². The van der Waals surface area contributed by atoms with Crippen LogP contribution < -0.4 is 15.5 Å². The summed E-state index contributed by atoms with van der Waals surface area (Å²) in [5.41, 5.74) is 2.01. The smallest absolute Gasteiger partial charge is 0.315 e. The maximum atomic E-state index is 11.8. The van der Waals surface area contributed by atoms with E-state index in [1.165, 1.54) is 0 Å². The van der Waals surface area contributed by atoms with Crippen LogP contribution in [0.1, 0.15) is 11.1 Å². The number of aliphatic hydroxyl groups excluding tert-OH is 1. The van der Waals surface area contributed by atoms with E-state index < -0.39 is 6.10 Å². The number of hydrogen-bond donors (Lipinski definition) is 3. The molecule has 24 heavy (non-hydrogen) atoms. The standard InChI is InChI=1S/C18H24N4O2/c1-22(2)17-11-15(8-9-19-17)12-20-18(24)21-13-16(23)10-14-6-4-3-5-7-14/h3-9,11,16,23H,10,12-13H2,1-2H3,(H2,20,21,24).